The molecule has 0 atom stereocenters. The quantitative estimate of drug-likeness (QED) is 0.414. The zero-order valence-electron chi connectivity index (χ0n) is 13.7. The number of phenols is 1. The summed E-state index contributed by atoms with van der Waals surface area (Å²) in [5.41, 5.74) is 1.96. The van der Waals surface area contributed by atoms with Gasteiger partial charge in [-0.2, -0.15) is 13.5 Å². The average molecular weight is 365 g/mol. The number of hydrogen-bond acceptors (Lipinski definition) is 5. The summed E-state index contributed by atoms with van der Waals surface area (Å²) in [6.07, 6.45) is 0. The number of rotatable bonds is 3. The second-order valence-electron chi connectivity index (χ2n) is 5.33. The molecule has 0 saturated heterocycles. The van der Waals surface area contributed by atoms with Crippen LogP contribution in [-0.4, -0.2) is 47.6 Å². The Balaban J connectivity index is 0.00000225. The Bertz CT molecular complexity index is 1050. The molecule has 0 spiro atoms. The SMILES string of the molecule is Cc1ccc(N=Nc2c(O)ccc3cc(S(=O)(=O)O)ccc23)cc1.[Na]. The van der Waals surface area contributed by atoms with Crippen LogP contribution in [-0.2, 0) is 10.1 Å². The van der Waals surface area contributed by atoms with Crippen LogP contribution in [0.15, 0.2) is 69.7 Å². The van der Waals surface area contributed by atoms with E-state index < -0.39 is 10.1 Å². The van der Waals surface area contributed by atoms with E-state index in [1.165, 1.54) is 24.3 Å². The van der Waals surface area contributed by atoms with Crippen LogP contribution < -0.4 is 0 Å². The van der Waals surface area contributed by atoms with Crippen molar-refractivity contribution in [3.05, 3.63) is 60.2 Å². The minimum absolute atomic E-state index is 0. The number of aryl methyl sites for hydroxylation is 1. The van der Waals surface area contributed by atoms with Crippen molar-refractivity contribution in [3.8, 4) is 5.75 Å². The normalized spacial score (nSPS) is 11.6. The van der Waals surface area contributed by atoms with Crippen LogP contribution in [0, 0.1) is 6.92 Å². The molecule has 3 aromatic rings. The molecule has 123 valence electrons. The van der Waals surface area contributed by atoms with Crippen molar-refractivity contribution >= 4 is 61.8 Å². The van der Waals surface area contributed by atoms with Crippen LogP contribution in [0.4, 0.5) is 11.4 Å². The molecule has 0 heterocycles. The van der Waals surface area contributed by atoms with Crippen LogP contribution in [0.3, 0.4) is 0 Å². The molecular weight excluding hydrogens is 351 g/mol. The standard InChI is InChI=1S/C17H14N2O4S.Na/c1-11-2-5-13(6-3-11)18-19-17-15-8-7-14(24(21,22)23)10-12(15)4-9-16(17)20;/h2-10,20H,1H3,(H,21,22,23);. The maximum absolute atomic E-state index is 11.2. The van der Waals surface area contributed by atoms with Gasteiger partial charge in [-0.3, -0.25) is 4.55 Å². The van der Waals surface area contributed by atoms with Gasteiger partial charge in [0.15, 0.2) is 0 Å². The molecule has 0 amide bonds. The third kappa shape index (κ3) is 4.45. The van der Waals surface area contributed by atoms with E-state index in [1.807, 2.05) is 19.1 Å². The summed E-state index contributed by atoms with van der Waals surface area (Å²) >= 11 is 0. The molecule has 3 rings (SSSR count). The van der Waals surface area contributed by atoms with Crippen molar-refractivity contribution in [2.45, 2.75) is 11.8 Å². The predicted molar refractivity (Wildman–Crippen MR) is 96.5 cm³/mol. The summed E-state index contributed by atoms with van der Waals surface area (Å²) in [5, 5.41) is 19.3. The van der Waals surface area contributed by atoms with E-state index in [-0.39, 0.29) is 45.9 Å². The van der Waals surface area contributed by atoms with Gasteiger partial charge in [-0.25, -0.2) is 0 Å². The molecule has 0 aliphatic rings. The van der Waals surface area contributed by atoms with Gasteiger partial charge in [0.1, 0.15) is 11.4 Å². The Morgan fingerprint density at radius 1 is 0.920 bits per heavy atom. The summed E-state index contributed by atoms with van der Waals surface area (Å²) in [7, 11) is -4.29. The van der Waals surface area contributed by atoms with Crippen LogP contribution in [0.1, 0.15) is 5.56 Å². The molecule has 8 heteroatoms. The van der Waals surface area contributed by atoms with Gasteiger partial charge in [-0.15, -0.1) is 5.11 Å². The molecule has 0 bridgehead atoms. The number of fused-ring (bicyclic) bond motifs is 1. The monoisotopic (exact) mass is 365 g/mol. The van der Waals surface area contributed by atoms with Crippen molar-refractivity contribution in [1.82, 2.24) is 0 Å². The second kappa shape index (κ2) is 7.63. The van der Waals surface area contributed by atoms with E-state index >= 15 is 0 Å². The average Bonchev–Trinajstić information content (AvgIpc) is 2.54. The number of benzene rings is 3. The Hall–Kier alpha value is -1.77. The van der Waals surface area contributed by atoms with Crippen molar-refractivity contribution in [2.75, 3.05) is 0 Å². The van der Waals surface area contributed by atoms with Crippen molar-refractivity contribution < 1.29 is 18.1 Å². The van der Waals surface area contributed by atoms with Crippen LogP contribution in [0.5, 0.6) is 5.75 Å². The summed E-state index contributed by atoms with van der Waals surface area (Å²) in [6.45, 7) is 1.96. The third-order valence-electron chi connectivity index (χ3n) is 3.54. The van der Waals surface area contributed by atoms with E-state index in [0.29, 0.717) is 16.5 Å². The van der Waals surface area contributed by atoms with Gasteiger partial charge in [0.2, 0.25) is 0 Å². The molecule has 0 aliphatic carbocycles. The van der Waals surface area contributed by atoms with E-state index in [0.717, 1.165) is 5.56 Å². The molecule has 1 radical (unpaired) electrons. The van der Waals surface area contributed by atoms with Gasteiger partial charge in [0.25, 0.3) is 10.1 Å². The first-order valence-electron chi connectivity index (χ1n) is 7.06. The first-order valence-corrected chi connectivity index (χ1v) is 8.50. The molecular formula is C17H14N2NaO4S. The van der Waals surface area contributed by atoms with Gasteiger partial charge in [0, 0.05) is 34.9 Å². The topological polar surface area (TPSA) is 99.3 Å². The molecule has 0 aliphatic heterocycles. The number of phenolic OH excluding ortho intramolecular Hbond substituents is 1. The Morgan fingerprint density at radius 2 is 1.60 bits per heavy atom. The minimum Gasteiger partial charge on any atom is -0.506 e. The number of hydrogen-bond donors (Lipinski definition) is 2. The van der Waals surface area contributed by atoms with Gasteiger partial charge >= 0.3 is 0 Å². The van der Waals surface area contributed by atoms with E-state index in [9.17, 15) is 13.5 Å². The van der Waals surface area contributed by atoms with Gasteiger partial charge in [-0.05, 0) is 42.6 Å². The van der Waals surface area contributed by atoms with E-state index in [1.54, 1.807) is 18.2 Å². The van der Waals surface area contributed by atoms with E-state index in [4.69, 9.17) is 4.55 Å². The van der Waals surface area contributed by atoms with Gasteiger partial charge < -0.3 is 5.11 Å². The zero-order valence-corrected chi connectivity index (χ0v) is 16.5. The van der Waals surface area contributed by atoms with Crippen LogP contribution >= 0.6 is 0 Å². The Labute approximate surface area is 167 Å². The van der Waals surface area contributed by atoms with Crippen molar-refractivity contribution in [3.63, 3.8) is 0 Å². The number of aromatic hydroxyl groups is 1. The summed E-state index contributed by atoms with van der Waals surface area (Å²) in [4.78, 5) is -0.220. The third-order valence-corrected chi connectivity index (χ3v) is 4.39. The Kier molecular flexibility index (Phi) is 5.97. The zero-order chi connectivity index (χ0) is 17.3. The smallest absolute Gasteiger partial charge is 0.294 e. The molecule has 2 N–H and O–H groups in total. The van der Waals surface area contributed by atoms with Gasteiger partial charge in [-0.1, -0.05) is 29.8 Å². The molecule has 6 nitrogen and oxygen atoms in total. The van der Waals surface area contributed by atoms with Gasteiger partial charge in [0.05, 0.1) is 10.6 Å². The molecule has 0 aromatic heterocycles. The fraction of sp³-hybridized carbons (Fsp3) is 0.0588. The van der Waals surface area contributed by atoms with Crippen molar-refractivity contribution in [1.29, 1.82) is 0 Å². The van der Waals surface area contributed by atoms with Crippen LogP contribution in [0.25, 0.3) is 10.8 Å². The summed E-state index contributed by atoms with van der Waals surface area (Å²) in [6, 6.07) is 14.4. The second-order valence-corrected chi connectivity index (χ2v) is 6.75. The maximum Gasteiger partial charge on any atom is 0.294 e. The van der Waals surface area contributed by atoms with Crippen molar-refractivity contribution in [2.24, 2.45) is 10.2 Å². The molecule has 0 unspecified atom stereocenters. The molecule has 0 saturated carbocycles. The summed E-state index contributed by atoms with van der Waals surface area (Å²) in [5.74, 6) is -0.0713. The van der Waals surface area contributed by atoms with E-state index in [2.05, 4.69) is 10.2 Å². The molecule has 25 heavy (non-hydrogen) atoms. The molecule has 3 aromatic carbocycles. The van der Waals surface area contributed by atoms with Crippen LogP contribution in [0.2, 0.25) is 0 Å². The fourth-order valence-corrected chi connectivity index (χ4v) is 2.78. The molecule has 0 fully saturated rings. The predicted octanol–water partition coefficient (Wildman–Crippen LogP) is 4.14. The first-order chi connectivity index (χ1) is 11.3. The minimum atomic E-state index is -4.29. The Morgan fingerprint density at radius 3 is 2.24 bits per heavy atom. The largest absolute Gasteiger partial charge is 0.506 e. The first kappa shape index (κ1) is 19.6. The maximum atomic E-state index is 11.2. The fourth-order valence-electron chi connectivity index (χ4n) is 2.26. The number of azo groups is 1. The summed E-state index contributed by atoms with van der Waals surface area (Å²) < 4.78 is 31.6. The number of nitrogens with zero attached hydrogens (tertiary/aromatic N) is 2.